The van der Waals surface area contributed by atoms with Crippen molar-refractivity contribution in [1.82, 2.24) is 0 Å². The van der Waals surface area contributed by atoms with Gasteiger partial charge in [-0.1, -0.05) is 54.0 Å². The van der Waals surface area contributed by atoms with Gasteiger partial charge in [-0.2, -0.15) is 0 Å². The Bertz CT molecular complexity index is 589. The second-order valence-corrected chi connectivity index (χ2v) is 6.61. The van der Waals surface area contributed by atoms with Crippen LogP contribution in [0.25, 0.3) is 0 Å². The number of aromatic hydroxyl groups is 1. The molecular formula is C19H23BrO. The Morgan fingerprint density at radius 1 is 0.905 bits per heavy atom. The van der Waals surface area contributed by atoms with Crippen LogP contribution in [0.15, 0.2) is 40.9 Å². The van der Waals surface area contributed by atoms with Crippen LogP contribution in [-0.2, 0) is 5.41 Å². The minimum atomic E-state index is -0.00528. The normalized spacial score (nSPS) is 11.7. The van der Waals surface area contributed by atoms with Crippen molar-refractivity contribution < 1.29 is 5.11 Å². The molecule has 0 atom stereocenters. The number of benzene rings is 2. The zero-order chi connectivity index (χ0) is 15.6. The van der Waals surface area contributed by atoms with Gasteiger partial charge >= 0.3 is 0 Å². The Balaban J connectivity index is 2.63. The first-order valence-corrected chi connectivity index (χ1v) is 8.30. The van der Waals surface area contributed by atoms with Crippen molar-refractivity contribution in [2.45, 2.75) is 46.0 Å². The first-order valence-electron chi connectivity index (χ1n) is 7.51. The average Bonchev–Trinajstić information content (AvgIpc) is 2.48. The molecule has 0 aliphatic carbocycles. The molecule has 2 aromatic rings. The highest BCUT2D eigenvalue weighted by Crippen LogP contribution is 2.41. The highest BCUT2D eigenvalue weighted by molar-refractivity contribution is 9.10. The lowest BCUT2D eigenvalue weighted by atomic mass is 9.70. The molecule has 0 aliphatic heterocycles. The lowest BCUT2D eigenvalue weighted by Crippen LogP contribution is -2.26. The van der Waals surface area contributed by atoms with E-state index in [0.29, 0.717) is 5.75 Å². The molecule has 1 N–H and O–H groups in total. The van der Waals surface area contributed by atoms with Gasteiger partial charge in [-0.05, 0) is 61.1 Å². The highest BCUT2D eigenvalue weighted by Gasteiger charge is 2.31. The van der Waals surface area contributed by atoms with E-state index in [1.807, 2.05) is 13.0 Å². The Morgan fingerprint density at radius 3 is 2.00 bits per heavy atom. The molecule has 21 heavy (non-hydrogen) atoms. The van der Waals surface area contributed by atoms with Crippen molar-refractivity contribution in [2.75, 3.05) is 0 Å². The standard InChI is InChI=1S/C19H23BrO/c1-5-19(6-2,15-9-10-18(21)14(4)11-15)16-8-7-13(3)17(20)12-16/h7-12,21H,5-6H2,1-4H3. The maximum atomic E-state index is 9.80. The minimum Gasteiger partial charge on any atom is -0.508 e. The number of rotatable bonds is 4. The Labute approximate surface area is 136 Å². The van der Waals surface area contributed by atoms with E-state index in [1.165, 1.54) is 16.7 Å². The molecule has 2 heteroatoms. The molecule has 112 valence electrons. The fourth-order valence-corrected chi connectivity index (χ4v) is 3.46. The van der Waals surface area contributed by atoms with Crippen LogP contribution in [-0.4, -0.2) is 5.11 Å². The monoisotopic (exact) mass is 346 g/mol. The average molecular weight is 347 g/mol. The van der Waals surface area contributed by atoms with E-state index in [-0.39, 0.29) is 5.41 Å². The van der Waals surface area contributed by atoms with E-state index in [9.17, 15) is 5.11 Å². The van der Waals surface area contributed by atoms with Crippen molar-refractivity contribution in [3.8, 4) is 5.75 Å². The molecule has 0 bridgehead atoms. The van der Waals surface area contributed by atoms with E-state index in [1.54, 1.807) is 0 Å². The van der Waals surface area contributed by atoms with Gasteiger partial charge in [0.1, 0.15) is 5.75 Å². The summed E-state index contributed by atoms with van der Waals surface area (Å²) in [6.45, 7) is 8.54. The van der Waals surface area contributed by atoms with Crippen LogP contribution >= 0.6 is 15.9 Å². The number of hydrogen-bond acceptors (Lipinski definition) is 1. The molecular weight excluding hydrogens is 324 g/mol. The number of phenolic OH excluding ortho intramolecular Hbond substituents is 1. The van der Waals surface area contributed by atoms with Crippen LogP contribution in [0.5, 0.6) is 5.75 Å². The van der Waals surface area contributed by atoms with E-state index in [0.717, 1.165) is 22.9 Å². The summed E-state index contributed by atoms with van der Waals surface area (Å²) in [4.78, 5) is 0. The molecule has 0 amide bonds. The van der Waals surface area contributed by atoms with Crippen molar-refractivity contribution >= 4 is 15.9 Å². The van der Waals surface area contributed by atoms with Crippen LogP contribution in [0, 0.1) is 13.8 Å². The van der Waals surface area contributed by atoms with Crippen molar-refractivity contribution in [3.63, 3.8) is 0 Å². The molecule has 0 heterocycles. The summed E-state index contributed by atoms with van der Waals surface area (Å²) < 4.78 is 1.15. The number of hydrogen-bond donors (Lipinski definition) is 1. The predicted octanol–water partition coefficient (Wildman–Crippen LogP) is 5.88. The van der Waals surface area contributed by atoms with Gasteiger partial charge in [0.25, 0.3) is 0 Å². The lowest BCUT2D eigenvalue weighted by Gasteiger charge is -2.34. The fourth-order valence-electron chi connectivity index (χ4n) is 3.08. The van der Waals surface area contributed by atoms with Gasteiger partial charge in [0.15, 0.2) is 0 Å². The van der Waals surface area contributed by atoms with Gasteiger partial charge in [0, 0.05) is 9.89 Å². The van der Waals surface area contributed by atoms with Gasteiger partial charge in [-0.25, -0.2) is 0 Å². The van der Waals surface area contributed by atoms with Gasteiger partial charge < -0.3 is 5.11 Å². The van der Waals surface area contributed by atoms with Gasteiger partial charge in [-0.15, -0.1) is 0 Å². The van der Waals surface area contributed by atoms with Crippen molar-refractivity contribution in [3.05, 3.63) is 63.1 Å². The molecule has 0 saturated heterocycles. The summed E-state index contributed by atoms with van der Waals surface area (Å²) in [5.41, 5.74) is 4.79. The number of halogens is 1. The molecule has 0 radical (unpaired) electrons. The summed E-state index contributed by atoms with van der Waals surface area (Å²) in [5.74, 6) is 0.366. The van der Waals surface area contributed by atoms with Crippen LogP contribution in [0.3, 0.4) is 0 Å². The molecule has 0 spiro atoms. The Hall–Kier alpha value is -1.28. The SMILES string of the molecule is CCC(CC)(c1ccc(O)c(C)c1)c1ccc(C)c(Br)c1. The summed E-state index contributed by atoms with van der Waals surface area (Å²) in [6, 6.07) is 12.6. The van der Waals surface area contributed by atoms with Crippen LogP contribution in [0.2, 0.25) is 0 Å². The predicted molar refractivity (Wildman–Crippen MR) is 93.1 cm³/mol. The van der Waals surface area contributed by atoms with E-state index < -0.39 is 0 Å². The first kappa shape index (κ1) is 16.1. The van der Waals surface area contributed by atoms with Gasteiger partial charge in [0.05, 0.1) is 0 Å². The molecule has 0 unspecified atom stereocenters. The van der Waals surface area contributed by atoms with Crippen molar-refractivity contribution in [1.29, 1.82) is 0 Å². The maximum Gasteiger partial charge on any atom is 0.118 e. The molecule has 0 aliphatic rings. The van der Waals surface area contributed by atoms with Crippen LogP contribution in [0.4, 0.5) is 0 Å². The third-order valence-corrected chi connectivity index (χ3v) is 5.54. The highest BCUT2D eigenvalue weighted by atomic mass is 79.9. The van der Waals surface area contributed by atoms with Crippen LogP contribution in [0.1, 0.15) is 48.9 Å². The third kappa shape index (κ3) is 2.87. The Morgan fingerprint density at radius 2 is 1.48 bits per heavy atom. The van der Waals surface area contributed by atoms with E-state index in [4.69, 9.17) is 0 Å². The molecule has 2 aromatic carbocycles. The molecule has 2 rings (SSSR count). The molecule has 0 saturated carbocycles. The summed E-state index contributed by atoms with van der Waals surface area (Å²) in [5, 5.41) is 9.80. The van der Waals surface area contributed by atoms with Crippen LogP contribution < -0.4 is 0 Å². The summed E-state index contributed by atoms with van der Waals surface area (Å²) in [6.07, 6.45) is 2.06. The first-order chi connectivity index (χ1) is 9.94. The smallest absolute Gasteiger partial charge is 0.118 e. The third-order valence-electron chi connectivity index (χ3n) is 4.68. The fraction of sp³-hybridized carbons (Fsp3) is 0.368. The molecule has 0 aromatic heterocycles. The zero-order valence-electron chi connectivity index (χ0n) is 13.2. The minimum absolute atomic E-state index is 0.00528. The van der Waals surface area contributed by atoms with Gasteiger partial charge in [0.2, 0.25) is 0 Å². The molecule has 1 nitrogen and oxygen atoms in total. The topological polar surface area (TPSA) is 20.2 Å². The Kier molecular flexibility index (Phi) is 4.77. The van der Waals surface area contributed by atoms with E-state index in [2.05, 4.69) is 67.0 Å². The lowest BCUT2D eigenvalue weighted by molar-refractivity contribution is 0.461. The van der Waals surface area contributed by atoms with E-state index >= 15 is 0 Å². The summed E-state index contributed by atoms with van der Waals surface area (Å²) >= 11 is 3.66. The quantitative estimate of drug-likeness (QED) is 0.732. The molecule has 0 fully saturated rings. The zero-order valence-corrected chi connectivity index (χ0v) is 14.8. The maximum absolute atomic E-state index is 9.80. The summed E-state index contributed by atoms with van der Waals surface area (Å²) in [7, 11) is 0. The largest absolute Gasteiger partial charge is 0.508 e. The number of phenols is 1. The second kappa shape index (κ2) is 6.23. The number of aryl methyl sites for hydroxylation is 2. The van der Waals surface area contributed by atoms with Gasteiger partial charge in [-0.3, -0.25) is 0 Å². The van der Waals surface area contributed by atoms with Crippen molar-refractivity contribution in [2.24, 2.45) is 0 Å². The second-order valence-electron chi connectivity index (χ2n) is 5.75.